The quantitative estimate of drug-likeness (QED) is 0.828. The molecular weight excluding hydrogens is 315 g/mol. The fraction of sp³-hybridized carbons (Fsp3) is 0.143. The second-order valence-electron chi connectivity index (χ2n) is 4.18. The van der Waals surface area contributed by atoms with Crippen molar-refractivity contribution in [2.45, 2.75) is 13.0 Å². The first-order valence-corrected chi connectivity index (χ1v) is 6.85. The fourth-order valence-electron chi connectivity index (χ4n) is 1.60. The fourth-order valence-corrected chi connectivity index (χ4v) is 1.95. The van der Waals surface area contributed by atoms with E-state index in [0.29, 0.717) is 16.5 Å². The van der Waals surface area contributed by atoms with Crippen molar-refractivity contribution >= 4 is 40.7 Å². The smallest absolute Gasteiger partial charge is 0.233 e. The number of furan rings is 1. The van der Waals surface area contributed by atoms with Gasteiger partial charge in [0.05, 0.1) is 28.5 Å². The number of anilines is 1. The monoisotopic (exact) mass is 326 g/mol. The third-order valence-corrected chi connectivity index (χ3v) is 3.41. The lowest BCUT2D eigenvalue weighted by Crippen LogP contribution is -2.27. The molecule has 110 valence electrons. The van der Waals surface area contributed by atoms with Crippen molar-refractivity contribution in [3.8, 4) is 0 Å². The van der Waals surface area contributed by atoms with Crippen LogP contribution < -0.4 is 10.6 Å². The lowest BCUT2D eigenvalue weighted by Gasteiger charge is -2.08. The van der Waals surface area contributed by atoms with Gasteiger partial charge >= 0.3 is 0 Å². The number of hydrogen-bond donors (Lipinski definition) is 2. The van der Waals surface area contributed by atoms with Crippen LogP contribution in [0.1, 0.15) is 12.2 Å². The molecule has 21 heavy (non-hydrogen) atoms. The second-order valence-corrected chi connectivity index (χ2v) is 4.97. The Balaban J connectivity index is 1.83. The first-order chi connectivity index (χ1) is 10.1. The number of carbonyl (C=O) groups excluding carboxylic acids is 2. The number of halogens is 2. The highest BCUT2D eigenvalue weighted by atomic mass is 35.5. The summed E-state index contributed by atoms with van der Waals surface area (Å²) in [6.45, 7) is 0.233. The zero-order valence-electron chi connectivity index (χ0n) is 10.9. The van der Waals surface area contributed by atoms with E-state index in [0.717, 1.165) is 0 Å². The van der Waals surface area contributed by atoms with Crippen LogP contribution >= 0.6 is 23.2 Å². The van der Waals surface area contributed by atoms with Gasteiger partial charge in [0.1, 0.15) is 12.2 Å². The predicted molar refractivity (Wildman–Crippen MR) is 80.3 cm³/mol. The van der Waals surface area contributed by atoms with Gasteiger partial charge in [-0.1, -0.05) is 29.3 Å². The average molecular weight is 327 g/mol. The SMILES string of the molecule is O=C(CC(=O)Nc1cccc(Cl)c1Cl)NCc1ccco1. The van der Waals surface area contributed by atoms with Gasteiger partial charge in [0.2, 0.25) is 11.8 Å². The first kappa shape index (κ1) is 15.4. The van der Waals surface area contributed by atoms with E-state index in [1.54, 1.807) is 30.3 Å². The molecule has 0 spiro atoms. The van der Waals surface area contributed by atoms with Crippen molar-refractivity contribution in [1.82, 2.24) is 5.32 Å². The molecule has 0 aliphatic heterocycles. The summed E-state index contributed by atoms with van der Waals surface area (Å²) in [7, 11) is 0. The normalized spacial score (nSPS) is 10.2. The molecule has 2 amide bonds. The van der Waals surface area contributed by atoms with Gasteiger partial charge in [-0.3, -0.25) is 9.59 Å². The molecule has 0 aliphatic rings. The summed E-state index contributed by atoms with van der Waals surface area (Å²) in [4.78, 5) is 23.4. The molecule has 7 heteroatoms. The second kappa shape index (κ2) is 7.15. The highest BCUT2D eigenvalue weighted by Gasteiger charge is 2.12. The number of rotatable bonds is 5. The van der Waals surface area contributed by atoms with Gasteiger partial charge in [-0.2, -0.15) is 0 Å². The molecule has 1 aromatic heterocycles. The first-order valence-electron chi connectivity index (χ1n) is 6.09. The zero-order valence-corrected chi connectivity index (χ0v) is 12.4. The summed E-state index contributed by atoms with van der Waals surface area (Å²) in [6, 6.07) is 8.31. The van der Waals surface area contributed by atoms with E-state index in [1.165, 1.54) is 6.26 Å². The highest BCUT2D eigenvalue weighted by Crippen LogP contribution is 2.29. The summed E-state index contributed by atoms with van der Waals surface area (Å²) in [5.74, 6) is -0.278. The third kappa shape index (κ3) is 4.51. The van der Waals surface area contributed by atoms with Gasteiger partial charge in [0.15, 0.2) is 0 Å². The Morgan fingerprint density at radius 3 is 2.62 bits per heavy atom. The van der Waals surface area contributed by atoms with E-state index in [2.05, 4.69) is 10.6 Å². The van der Waals surface area contributed by atoms with Crippen LogP contribution in [0.2, 0.25) is 10.0 Å². The van der Waals surface area contributed by atoms with E-state index in [-0.39, 0.29) is 18.0 Å². The molecule has 0 aliphatic carbocycles. The summed E-state index contributed by atoms with van der Waals surface area (Å²) < 4.78 is 5.07. The maximum absolute atomic E-state index is 11.8. The topological polar surface area (TPSA) is 71.3 Å². The molecule has 2 rings (SSSR count). The maximum Gasteiger partial charge on any atom is 0.233 e. The summed E-state index contributed by atoms with van der Waals surface area (Å²) in [5, 5.41) is 5.68. The molecule has 0 saturated heterocycles. The van der Waals surface area contributed by atoms with Crippen molar-refractivity contribution in [3.05, 3.63) is 52.4 Å². The molecule has 1 heterocycles. The van der Waals surface area contributed by atoms with E-state index < -0.39 is 11.8 Å². The lowest BCUT2D eigenvalue weighted by atomic mass is 10.3. The Morgan fingerprint density at radius 2 is 1.90 bits per heavy atom. The van der Waals surface area contributed by atoms with Crippen LogP contribution in [0, 0.1) is 0 Å². The van der Waals surface area contributed by atoms with E-state index in [4.69, 9.17) is 27.6 Å². The average Bonchev–Trinajstić information content (AvgIpc) is 2.95. The van der Waals surface area contributed by atoms with Gasteiger partial charge in [-0.25, -0.2) is 0 Å². The zero-order chi connectivity index (χ0) is 15.2. The van der Waals surface area contributed by atoms with Gasteiger partial charge in [-0.15, -0.1) is 0 Å². The Labute approximate surface area is 131 Å². The third-order valence-electron chi connectivity index (χ3n) is 2.59. The molecular formula is C14H12Cl2N2O3. The Hall–Kier alpha value is -1.98. The molecule has 2 aromatic rings. The van der Waals surface area contributed by atoms with E-state index >= 15 is 0 Å². The van der Waals surface area contributed by atoms with Gasteiger partial charge < -0.3 is 15.1 Å². The molecule has 1 aromatic carbocycles. The van der Waals surface area contributed by atoms with Crippen LogP contribution in [0.15, 0.2) is 41.0 Å². The predicted octanol–water partition coefficient (Wildman–Crippen LogP) is 3.23. The maximum atomic E-state index is 11.8. The summed E-state index contributed by atoms with van der Waals surface area (Å²) in [5.41, 5.74) is 0.369. The Morgan fingerprint density at radius 1 is 1.10 bits per heavy atom. The van der Waals surface area contributed by atoms with Gasteiger partial charge in [-0.05, 0) is 24.3 Å². The van der Waals surface area contributed by atoms with Crippen LogP contribution in [0.25, 0.3) is 0 Å². The molecule has 0 radical (unpaired) electrons. The standard InChI is InChI=1S/C14H12Cl2N2O3/c15-10-4-1-5-11(14(10)16)18-13(20)7-12(19)17-8-9-3-2-6-21-9/h1-6H,7-8H2,(H,17,19)(H,18,20). The number of nitrogens with one attached hydrogen (secondary N) is 2. The van der Waals surface area contributed by atoms with Crippen LogP contribution in [-0.4, -0.2) is 11.8 Å². The van der Waals surface area contributed by atoms with Crippen molar-refractivity contribution in [3.63, 3.8) is 0 Å². The van der Waals surface area contributed by atoms with Crippen molar-refractivity contribution in [2.24, 2.45) is 0 Å². The van der Waals surface area contributed by atoms with Crippen LogP contribution in [-0.2, 0) is 16.1 Å². The van der Waals surface area contributed by atoms with Gasteiger partial charge in [0.25, 0.3) is 0 Å². The minimum atomic E-state index is -0.476. The largest absolute Gasteiger partial charge is 0.467 e. The molecule has 0 saturated carbocycles. The van der Waals surface area contributed by atoms with Crippen LogP contribution in [0.5, 0.6) is 0 Å². The molecule has 0 unspecified atom stereocenters. The summed E-state index contributed by atoms with van der Waals surface area (Å²) in [6.07, 6.45) is 1.19. The molecule has 0 bridgehead atoms. The molecule has 0 fully saturated rings. The number of amides is 2. The van der Waals surface area contributed by atoms with Crippen molar-refractivity contribution in [1.29, 1.82) is 0 Å². The van der Waals surface area contributed by atoms with Crippen molar-refractivity contribution < 1.29 is 14.0 Å². The highest BCUT2D eigenvalue weighted by molar-refractivity contribution is 6.44. The number of hydrogen-bond acceptors (Lipinski definition) is 3. The molecule has 2 N–H and O–H groups in total. The van der Waals surface area contributed by atoms with Gasteiger partial charge in [0, 0.05) is 0 Å². The van der Waals surface area contributed by atoms with Crippen molar-refractivity contribution in [2.75, 3.05) is 5.32 Å². The Bertz CT molecular complexity index is 642. The number of carbonyl (C=O) groups is 2. The Kier molecular flexibility index (Phi) is 5.25. The summed E-state index contributed by atoms with van der Waals surface area (Å²) >= 11 is 11.8. The minimum absolute atomic E-state index is 0.233. The van der Waals surface area contributed by atoms with E-state index in [9.17, 15) is 9.59 Å². The molecule has 5 nitrogen and oxygen atoms in total. The lowest BCUT2D eigenvalue weighted by molar-refractivity contribution is -0.127. The van der Waals surface area contributed by atoms with Crippen LogP contribution in [0.4, 0.5) is 5.69 Å². The number of benzene rings is 1. The van der Waals surface area contributed by atoms with E-state index in [1.807, 2.05) is 0 Å². The minimum Gasteiger partial charge on any atom is -0.467 e. The molecule has 0 atom stereocenters. The van der Waals surface area contributed by atoms with Crippen LogP contribution in [0.3, 0.4) is 0 Å².